The highest BCUT2D eigenvalue weighted by Crippen LogP contribution is 2.32. The highest BCUT2D eigenvalue weighted by molar-refractivity contribution is 7.90. The Morgan fingerprint density at radius 2 is 1.72 bits per heavy atom. The number of ether oxygens (including phenoxy) is 2. The predicted octanol–water partition coefficient (Wildman–Crippen LogP) is 2.63. The summed E-state index contributed by atoms with van der Waals surface area (Å²) >= 11 is 5.78. The second-order valence-electron chi connectivity index (χ2n) is 5.16. The molecule has 0 saturated carbocycles. The van der Waals surface area contributed by atoms with Crippen LogP contribution in [0.4, 0.5) is 0 Å². The molecule has 0 aliphatic carbocycles. The molecule has 0 fully saturated rings. The molecule has 25 heavy (non-hydrogen) atoms. The van der Waals surface area contributed by atoms with E-state index in [0.717, 1.165) is 11.6 Å². The molecule has 3 rings (SSSR count). The van der Waals surface area contributed by atoms with Crippen molar-refractivity contribution in [1.29, 1.82) is 0 Å². The van der Waals surface area contributed by atoms with Crippen molar-refractivity contribution < 1.29 is 22.7 Å². The van der Waals surface area contributed by atoms with Gasteiger partial charge in [-0.3, -0.25) is 4.79 Å². The lowest BCUT2D eigenvalue weighted by Crippen LogP contribution is -2.29. The number of fused-ring (bicyclic) bond motifs is 1. The summed E-state index contributed by atoms with van der Waals surface area (Å²) in [5, 5.41) is 0.572. The van der Waals surface area contributed by atoms with Gasteiger partial charge in [0.2, 0.25) is 0 Å². The molecule has 2 aromatic rings. The molecule has 0 aromatic heterocycles. The molecule has 0 spiro atoms. The standard InChI is InChI=1S/C17H14ClNO5S/c18-13-4-1-12(2-5-13)3-8-17(20)19-25(21,22)14-6-7-15-16(11-14)24-10-9-23-15/h1-8,11H,9-10H2,(H,19,20)/b8-3+. The van der Waals surface area contributed by atoms with E-state index in [-0.39, 0.29) is 4.90 Å². The molecule has 0 saturated heterocycles. The van der Waals surface area contributed by atoms with Gasteiger partial charge in [0.1, 0.15) is 13.2 Å². The molecule has 1 aliphatic rings. The van der Waals surface area contributed by atoms with Crippen LogP contribution in [-0.4, -0.2) is 27.5 Å². The molecule has 1 aliphatic heterocycles. The summed E-state index contributed by atoms with van der Waals surface area (Å²) in [6.07, 6.45) is 2.63. The highest BCUT2D eigenvalue weighted by Gasteiger charge is 2.20. The number of hydrogen-bond acceptors (Lipinski definition) is 5. The number of carbonyl (C=O) groups is 1. The second kappa shape index (κ2) is 7.16. The lowest BCUT2D eigenvalue weighted by atomic mass is 10.2. The molecule has 130 valence electrons. The summed E-state index contributed by atoms with van der Waals surface area (Å²) < 4.78 is 37.3. The molecule has 0 atom stereocenters. The minimum atomic E-state index is -4.01. The van der Waals surface area contributed by atoms with E-state index in [1.54, 1.807) is 24.3 Å². The maximum Gasteiger partial charge on any atom is 0.264 e. The molecule has 0 bridgehead atoms. The first-order valence-electron chi connectivity index (χ1n) is 7.34. The Hall–Kier alpha value is -2.51. The second-order valence-corrected chi connectivity index (χ2v) is 7.28. The summed E-state index contributed by atoms with van der Waals surface area (Å²) in [4.78, 5) is 11.8. The van der Waals surface area contributed by atoms with E-state index in [1.807, 2.05) is 4.72 Å². The van der Waals surface area contributed by atoms with E-state index in [0.29, 0.717) is 29.7 Å². The van der Waals surface area contributed by atoms with E-state index in [9.17, 15) is 13.2 Å². The number of sulfonamides is 1. The van der Waals surface area contributed by atoms with Crippen LogP contribution < -0.4 is 14.2 Å². The topological polar surface area (TPSA) is 81.7 Å². The fourth-order valence-corrected chi connectivity index (χ4v) is 3.25. The summed E-state index contributed by atoms with van der Waals surface area (Å²) in [5.74, 6) is 0.0438. The maximum atomic E-state index is 12.3. The van der Waals surface area contributed by atoms with Crippen LogP contribution >= 0.6 is 11.6 Å². The number of hydrogen-bond donors (Lipinski definition) is 1. The van der Waals surface area contributed by atoms with Crippen LogP contribution in [0.15, 0.2) is 53.4 Å². The zero-order valence-electron chi connectivity index (χ0n) is 12.9. The summed E-state index contributed by atoms with van der Waals surface area (Å²) in [6.45, 7) is 0.748. The zero-order valence-corrected chi connectivity index (χ0v) is 14.5. The first kappa shape index (κ1) is 17.3. The monoisotopic (exact) mass is 379 g/mol. The molecular formula is C17H14ClNO5S. The summed E-state index contributed by atoms with van der Waals surface area (Å²) in [5.41, 5.74) is 0.719. The van der Waals surface area contributed by atoms with Crippen LogP contribution in [0.1, 0.15) is 5.56 Å². The van der Waals surface area contributed by atoms with Crippen molar-refractivity contribution >= 4 is 33.6 Å². The third kappa shape index (κ3) is 4.32. The predicted molar refractivity (Wildman–Crippen MR) is 93.2 cm³/mol. The third-order valence-corrected chi connectivity index (χ3v) is 4.95. The van der Waals surface area contributed by atoms with E-state index < -0.39 is 15.9 Å². The van der Waals surface area contributed by atoms with Gasteiger partial charge < -0.3 is 9.47 Å². The van der Waals surface area contributed by atoms with Crippen molar-refractivity contribution in [2.45, 2.75) is 4.90 Å². The van der Waals surface area contributed by atoms with Crippen molar-refractivity contribution in [2.24, 2.45) is 0 Å². The van der Waals surface area contributed by atoms with Gasteiger partial charge in [0, 0.05) is 17.2 Å². The van der Waals surface area contributed by atoms with Crippen molar-refractivity contribution in [2.75, 3.05) is 13.2 Å². The Balaban J connectivity index is 1.72. The van der Waals surface area contributed by atoms with E-state index >= 15 is 0 Å². The molecule has 0 radical (unpaired) electrons. The largest absolute Gasteiger partial charge is 0.486 e. The number of carbonyl (C=O) groups excluding carboxylic acids is 1. The Morgan fingerprint density at radius 3 is 2.44 bits per heavy atom. The van der Waals surface area contributed by atoms with E-state index in [4.69, 9.17) is 21.1 Å². The van der Waals surface area contributed by atoms with Gasteiger partial charge >= 0.3 is 0 Å². The minimum Gasteiger partial charge on any atom is -0.486 e. The third-order valence-electron chi connectivity index (χ3n) is 3.36. The van der Waals surface area contributed by atoms with Crippen LogP contribution in [0.2, 0.25) is 5.02 Å². The Morgan fingerprint density at radius 1 is 1.04 bits per heavy atom. The highest BCUT2D eigenvalue weighted by atomic mass is 35.5. The maximum absolute atomic E-state index is 12.3. The Bertz CT molecular complexity index is 923. The number of nitrogens with one attached hydrogen (secondary N) is 1. The fourth-order valence-electron chi connectivity index (χ4n) is 2.16. The van der Waals surface area contributed by atoms with Crippen molar-refractivity contribution in [1.82, 2.24) is 4.72 Å². The van der Waals surface area contributed by atoms with Gasteiger partial charge in [0.15, 0.2) is 11.5 Å². The number of halogens is 1. The molecule has 1 heterocycles. The fraction of sp³-hybridized carbons (Fsp3) is 0.118. The lowest BCUT2D eigenvalue weighted by Gasteiger charge is -2.18. The van der Waals surface area contributed by atoms with Crippen LogP contribution in [0.25, 0.3) is 6.08 Å². The van der Waals surface area contributed by atoms with Crippen LogP contribution in [0, 0.1) is 0 Å². The van der Waals surface area contributed by atoms with Gasteiger partial charge in [0.25, 0.3) is 15.9 Å². The quantitative estimate of drug-likeness (QED) is 0.826. The normalized spacial score (nSPS) is 13.6. The Kier molecular flexibility index (Phi) is 4.96. The van der Waals surface area contributed by atoms with E-state index in [2.05, 4.69) is 0 Å². The average Bonchev–Trinajstić information content (AvgIpc) is 2.60. The SMILES string of the molecule is O=C(/C=C/c1ccc(Cl)cc1)NS(=O)(=O)c1ccc2c(c1)OCCO2. The minimum absolute atomic E-state index is 0.0787. The number of amides is 1. The smallest absolute Gasteiger partial charge is 0.264 e. The molecule has 1 N–H and O–H groups in total. The van der Waals surface area contributed by atoms with Gasteiger partial charge in [-0.25, -0.2) is 13.1 Å². The molecule has 6 nitrogen and oxygen atoms in total. The van der Waals surface area contributed by atoms with Gasteiger partial charge in [-0.1, -0.05) is 23.7 Å². The van der Waals surface area contributed by atoms with Gasteiger partial charge in [-0.05, 0) is 35.9 Å². The molecule has 2 aromatic carbocycles. The van der Waals surface area contributed by atoms with Crippen LogP contribution in [0.5, 0.6) is 11.5 Å². The van der Waals surface area contributed by atoms with E-state index in [1.165, 1.54) is 24.3 Å². The summed E-state index contributed by atoms with van der Waals surface area (Å²) in [6, 6.07) is 10.9. The lowest BCUT2D eigenvalue weighted by molar-refractivity contribution is -0.114. The van der Waals surface area contributed by atoms with Crippen molar-refractivity contribution in [3.05, 3.63) is 59.1 Å². The molecule has 1 amide bonds. The first-order valence-corrected chi connectivity index (χ1v) is 9.20. The molecule has 0 unspecified atom stereocenters. The number of rotatable bonds is 4. The average molecular weight is 380 g/mol. The first-order chi connectivity index (χ1) is 11.9. The summed E-state index contributed by atoms with van der Waals surface area (Å²) in [7, 11) is -4.01. The van der Waals surface area contributed by atoms with Gasteiger partial charge in [-0.2, -0.15) is 0 Å². The van der Waals surface area contributed by atoms with Crippen LogP contribution in [0.3, 0.4) is 0 Å². The zero-order chi connectivity index (χ0) is 17.9. The Labute approximate surface area is 150 Å². The van der Waals surface area contributed by atoms with Gasteiger partial charge in [0.05, 0.1) is 4.90 Å². The van der Waals surface area contributed by atoms with Gasteiger partial charge in [-0.15, -0.1) is 0 Å². The molecular weight excluding hydrogens is 366 g/mol. The van der Waals surface area contributed by atoms with Crippen LogP contribution in [-0.2, 0) is 14.8 Å². The van der Waals surface area contributed by atoms with Crippen molar-refractivity contribution in [3.63, 3.8) is 0 Å². The van der Waals surface area contributed by atoms with Crippen molar-refractivity contribution in [3.8, 4) is 11.5 Å². The molecule has 8 heteroatoms. The number of benzene rings is 2.